The van der Waals surface area contributed by atoms with E-state index in [-0.39, 0.29) is 17.3 Å². The van der Waals surface area contributed by atoms with Crippen LogP contribution < -0.4 is 5.32 Å². The molecule has 2 aromatic rings. The lowest BCUT2D eigenvalue weighted by Gasteiger charge is -2.33. The van der Waals surface area contributed by atoms with E-state index in [0.29, 0.717) is 18.5 Å². The summed E-state index contributed by atoms with van der Waals surface area (Å²) in [6.45, 7) is 4.09. The zero-order chi connectivity index (χ0) is 19.6. The number of rotatable bonds is 4. The van der Waals surface area contributed by atoms with Gasteiger partial charge in [0.2, 0.25) is 15.9 Å². The zero-order valence-electron chi connectivity index (χ0n) is 15.4. The van der Waals surface area contributed by atoms with Crippen molar-refractivity contribution in [1.82, 2.24) is 4.31 Å². The van der Waals surface area contributed by atoms with E-state index >= 15 is 0 Å². The van der Waals surface area contributed by atoms with Crippen LogP contribution in [0.15, 0.2) is 47.4 Å². The molecule has 0 bridgehead atoms. The molecule has 1 heterocycles. The number of carbonyl (C=O) groups is 1. The Morgan fingerprint density at radius 2 is 1.81 bits per heavy atom. The molecule has 5 nitrogen and oxygen atoms in total. The summed E-state index contributed by atoms with van der Waals surface area (Å²) in [5.74, 6) is -0.842. The van der Waals surface area contributed by atoms with Crippen LogP contribution in [0.5, 0.6) is 0 Å². The highest BCUT2D eigenvalue weighted by Gasteiger charge is 2.37. The average Bonchev–Trinajstić information content (AvgIpc) is 2.65. The van der Waals surface area contributed by atoms with E-state index in [4.69, 9.17) is 0 Å². The largest absolute Gasteiger partial charge is 0.324 e. The Hall–Kier alpha value is -2.25. The highest BCUT2D eigenvalue weighted by Crippen LogP contribution is 2.27. The molecule has 1 saturated heterocycles. The first-order chi connectivity index (χ1) is 12.8. The summed E-state index contributed by atoms with van der Waals surface area (Å²) < 4.78 is 40.4. The maximum Gasteiger partial charge on any atom is 0.243 e. The number of hydrogen-bond acceptors (Lipinski definition) is 3. The predicted molar refractivity (Wildman–Crippen MR) is 102 cm³/mol. The number of amides is 1. The molecule has 27 heavy (non-hydrogen) atoms. The Balaban J connectivity index is 1.87. The van der Waals surface area contributed by atoms with Crippen molar-refractivity contribution in [1.29, 1.82) is 0 Å². The minimum Gasteiger partial charge on any atom is -0.324 e. The molecular formula is C20H23FN2O3S. The summed E-state index contributed by atoms with van der Waals surface area (Å²) in [7, 11) is -3.88. The number of sulfonamides is 1. The molecule has 1 aliphatic rings. The number of benzene rings is 2. The van der Waals surface area contributed by atoms with Crippen molar-refractivity contribution in [2.75, 3.05) is 11.9 Å². The van der Waals surface area contributed by atoms with Crippen molar-refractivity contribution in [3.63, 3.8) is 0 Å². The summed E-state index contributed by atoms with van der Waals surface area (Å²) in [5, 5.41) is 2.88. The number of nitrogens with zero attached hydrogens (tertiary/aromatic N) is 1. The van der Waals surface area contributed by atoms with E-state index in [2.05, 4.69) is 5.32 Å². The third kappa shape index (κ3) is 4.20. The Kier molecular flexibility index (Phi) is 5.62. The smallest absolute Gasteiger partial charge is 0.243 e. The topological polar surface area (TPSA) is 66.5 Å². The minimum absolute atomic E-state index is 0.00432. The molecule has 0 saturated carbocycles. The van der Waals surface area contributed by atoms with Gasteiger partial charge in [0.05, 0.1) is 4.90 Å². The van der Waals surface area contributed by atoms with Crippen LogP contribution in [0, 0.1) is 19.7 Å². The summed E-state index contributed by atoms with van der Waals surface area (Å²) in [6.07, 6.45) is 1.92. The van der Waals surface area contributed by atoms with Gasteiger partial charge in [-0.15, -0.1) is 0 Å². The van der Waals surface area contributed by atoms with Gasteiger partial charge in [0.25, 0.3) is 0 Å². The molecule has 1 N–H and O–H groups in total. The third-order valence-corrected chi connectivity index (χ3v) is 6.75. The van der Waals surface area contributed by atoms with Crippen molar-refractivity contribution in [3.8, 4) is 0 Å². The fourth-order valence-electron chi connectivity index (χ4n) is 3.28. The van der Waals surface area contributed by atoms with Crippen LogP contribution in [0.4, 0.5) is 10.1 Å². The second kappa shape index (κ2) is 7.78. The number of carbonyl (C=O) groups excluding carboxylic acids is 1. The van der Waals surface area contributed by atoms with Gasteiger partial charge in [-0.1, -0.05) is 18.6 Å². The lowest BCUT2D eigenvalue weighted by molar-refractivity contribution is -0.120. The van der Waals surface area contributed by atoms with Crippen molar-refractivity contribution < 1.29 is 17.6 Å². The SMILES string of the molecule is Cc1ccc(C)c(NC(=O)C2CCCCN2S(=O)(=O)c2ccc(F)cc2)c1. The molecule has 0 spiro atoms. The van der Waals surface area contributed by atoms with Crippen molar-refractivity contribution in [2.24, 2.45) is 0 Å². The number of hydrogen-bond donors (Lipinski definition) is 1. The number of anilines is 1. The van der Waals surface area contributed by atoms with E-state index in [0.717, 1.165) is 29.7 Å². The molecule has 1 aliphatic heterocycles. The molecule has 1 amide bonds. The van der Waals surface area contributed by atoms with E-state index in [1.807, 2.05) is 32.0 Å². The molecule has 1 unspecified atom stereocenters. The first kappa shape index (κ1) is 19.5. The normalized spacial score (nSPS) is 18.3. The van der Waals surface area contributed by atoms with Crippen molar-refractivity contribution >= 4 is 21.6 Å². The van der Waals surface area contributed by atoms with Crippen LogP contribution in [-0.4, -0.2) is 31.2 Å². The molecule has 1 atom stereocenters. The van der Waals surface area contributed by atoms with Gasteiger partial charge in [-0.2, -0.15) is 4.31 Å². The minimum atomic E-state index is -3.88. The predicted octanol–water partition coefficient (Wildman–Crippen LogP) is 3.62. The van der Waals surface area contributed by atoms with Gasteiger partial charge in [-0.3, -0.25) is 4.79 Å². The maximum absolute atomic E-state index is 13.2. The van der Waals surface area contributed by atoms with Gasteiger partial charge in [0.15, 0.2) is 0 Å². The van der Waals surface area contributed by atoms with Gasteiger partial charge in [0.1, 0.15) is 11.9 Å². The van der Waals surface area contributed by atoms with Crippen LogP contribution in [0.2, 0.25) is 0 Å². The van der Waals surface area contributed by atoms with Gasteiger partial charge < -0.3 is 5.32 Å². The Morgan fingerprint density at radius 3 is 2.52 bits per heavy atom. The standard InChI is InChI=1S/C20H23FN2O3S/c1-14-6-7-15(2)18(13-14)22-20(24)19-5-3-4-12-23(19)27(25,26)17-10-8-16(21)9-11-17/h6-11,13,19H,3-5,12H2,1-2H3,(H,22,24). The summed E-state index contributed by atoms with van der Waals surface area (Å²) >= 11 is 0. The van der Waals surface area contributed by atoms with Gasteiger partial charge in [-0.25, -0.2) is 12.8 Å². The zero-order valence-corrected chi connectivity index (χ0v) is 16.2. The van der Waals surface area contributed by atoms with Crippen LogP contribution in [0.3, 0.4) is 0 Å². The number of piperidine rings is 1. The maximum atomic E-state index is 13.2. The van der Waals surface area contributed by atoms with E-state index in [1.54, 1.807) is 0 Å². The van der Waals surface area contributed by atoms with E-state index in [1.165, 1.54) is 16.4 Å². The molecule has 0 radical (unpaired) electrons. The van der Waals surface area contributed by atoms with E-state index in [9.17, 15) is 17.6 Å². The average molecular weight is 390 g/mol. The first-order valence-corrected chi connectivity index (χ1v) is 10.4. The molecular weight excluding hydrogens is 367 g/mol. The molecule has 3 rings (SSSR count). The molecule has 1 fully saturated rings. The highest BCUT2D eigenvalue weighted by molar-refractivity contribution is 7.89. The monoisotopic (exact) mass is 390 g/mol. The second-order valence-electron chi connectivity index (χ2n) is 6.89. The van der Waals surface area contributed by atoms with Gasteiger partial charge in [0, 0.05) is 12.2 Å². The van der Waals surface area contributed by atoms with Gasteiger partial charge in [-0.05, 0) is 68.1 Å². The van der Waals surface area contributed by atoms with Crippen molar-refractivity contribution in [3.05, 3.63) is 59.4 Å². The van der Waals surface area contributed by atoms with Crippen LogP contribution >= 0.6 is 0 Å². The Morgan fingerprint density at radius 1 is 1.11 bits per heavy atom. The summed E-state index contributed by atoms with van der Waals surface area (Å²) in [5.41, 5.74) is 2.61. The summed E-state index contributed by atoms with van der Waals surface area (Å²) in [6, 6.07) is 9.65. The molecule has 0 aromatic heterocycles. The van der Waals surface area contributed by atoms with Gasteiger partial charge >= 0.3 is 0 Å². The fraction of sp³-hybridized carbons (Fsp3) is 0.350. The van der Waals surface area contributed by atoms with Crippen LogP contribution in [-0.2, 0) is 14.8 Å². The van der Waals surface area contributed by atoms with Crippen LogP contribution in [0.25, 0.3) is 0 Å². The Labute approximate surface area is 159 Å². The molecule has 2 aromatic carbocycles. The second-order valence-corrected chi connectivity index (χ2v) is 8.78. The van der Waals surface area contributed by atoms with Crippen LogP contribution in [0.1, 0.15) is 30.4 Å². The molecule has 144 valence electrons. The van der Waals surface area contributed by atoms with E-state index < -0.39 is 21.9 Å². The lowest BCUT2D eigenvalue weighted by Crippen LogP contribution is -2.49. The summed E-state index contributed by atoms with van der Waals surface area (Å²) in [4.78, 5) is 12.9. The first-order valence-electron chi connectivity index (χ1n) is 8.94. The molecule has 7 heteroatoms. The number of aryl methyl sites for hydroxylation is 2. The Bertz CT molecular complexity index is 942. The highest BCUT2D eigenvalue weighted by atomic mass is 32.2. The lowest BCUT2D eigenvalue weighted by atomic mass is 10.0. The third-order valence-electron chi connectivity index (χ3n) is 4.83. The number of halogens is 1. The molecule has 0 aliphatic carbocycles. The number of nitrogens with one attached hydrogen (secondary N) is 1. The van der Waals surface area contributed by atoms with Crippen molar-refractivity contribution in [2.45, 2.75) is 44.0 Å². The fourth-order valence-corrected chi connectivity index (χ4v) is 4.94. The quantitative estimate of drug-likeness (QED) is 0.867.